The highest BCUT2D eigenvalue weighted by atomic mass is 32.1. The van der Waals surface area contributed by atoms with Crippen molar-refractivity contribution < 1.29 is 9.53 Å². The third-order valence-corrected chi connectivity index (χ3v) is 6.37. The van der Waals surface area contributed by atoms with E-state index in [0.29, 0.717) is 18.9 Å². The summed E-state index contributed by atoms with van der Waals surface area (Å²) in [5.74, 6) is 0.324. The molecular formula is C18H28N2O2S. The van der Waals surface area contributed by atoms with Crippen LogP contribution >= 0.6 is 11.3 Å². The maximum absolute atomic E-state index is 12.3. The average molecular weight is 337 g/mol. The second-order valence-electron chi connectivity index (χ2n) is 6.90. The van der Waals surface area contributed by atoms with Crippen LogP contribution in [-0.2, 0) is 16.1 Å². The summed E-state index contributed by atoms with van der Waals surface area (Å²) in [5, 5.41) is 0. The molecule has 1 aromatic heterocycles. The molecule has 0 aliphatic carbocycles. The van der Waals surface area contributed by atoms with Gasteiger partial charge < -0.3 is 9.64 Å². The normalized spacial score (nSPS) is 26.2. The molecule has 1 amide bonds. The number of aryl methyl sites for hydroxylation is 1. The van der Waals surface area contributed by atoms with Gasteiger partial charge >= 0.3 is 0 Å². The minimum absolute atomic E-state index is 0.0930. The molecule has 0 saturated carbocycles. The van der Waals surface area contributed by atoms with E-state index < -0.39 is 0 Å². The minimum Gasteiger partial charge on any atom is -0.383 e. The van der Waals surface area contributed by atoms with E-state index in [1.807, 2.05) is 11.3 Å². The molecule has 2 fully saturated rings. The molecule has 2 saturated heterocycles. The second kappa shape index (κ2) is 7.32. The number of hydrogen-bond acceptors (Lipinski definition) is 4. The number of ether oxygens (including phenoxy) is 1. The molecule has 0 unspecified atom stereocenters. The van der Waals surface area contributed by atoms with Crippen molar-refractivity contribution in [3.8, 4) is 0 Å². The number of likely N-dealkylation sites (tertiary alicyclic amines) is 2. The van der Waals surface area contributed by atoms with Crippen LogP contribution in [0.25, 0.3) is 0 Å². The molecule has 5 heteroatoms. The van der Waals surface area contributed by atoms with Crippen LogP contribution < -0.4 is 0 Å². The molecule has 0 radical (unpaired) electrons. The average Bonchev–Trinajstić information content (AvgIpc) is 2.99. The lowest BCUT2D eigenvalue weighted by atomic mass is 9.88. The monoisotopic (exact) mass is 336 g/mol. The molecule has 1 atom stereocenters. The molecule has 3 rings (SSSR count). The van der Waals surface area contributed by atoms with E-state index in [1.165, 1.54) is 16.2 Å². The van der Waals surface area contributed by atoms with E-state index in [4.69, 9.17) is 4.74 Å². The maximum Gasteiger partial charge on any atom is 0.223 e. The number of carbonyl (C=O) groups excluding carboxylic acids is 1. The van der Waals surface area contributed by atoms with Crippen LogP contribution in [0.5, 0.6) is 0 Å². The molecule has 0 N–H and O–H groups in total. The fraction of sp³-hybridized carbons (Fsp3) is 0.722. The van der Waals surface area contributed by atoms with Crippen LogP contribution in [-0.4, -0.2) is 54.6 Å². The molecule has 1 spiro atoms. The van der Waals surface area contributed by atoms with Crippen molar-refractivity contribution in [2.45, 2.75) is 51.1 Å². The first-order valence-corrected chi connectivity index (χ1v) is 9.52. The summed E-state index contributed by atoms with van der Waals surface area (Å²) in [6.07, 6.45) is 5.17. The number of amides is 1. The zero-order valence-corrected chi connectivity index (χ0v) is 15.2. The van der Waals surface area contributed by atoms with Crippen molar-refractivity contribution in [3.05, 3.63) is 21.9 Å². The van der Waals surface area contributed by atoms with Gasteiger partial charge in [0.05, 0.1) is 6.61 Å². The Kier molecular flexibility index (Phi) is 5.39. The summed E-state index contributed by atoms with van der Waals surface area (Å²) in [6.45, 7) is 6.86. The van der Waals surface area contributed by atoms with Gasteiger partial charge in [-0.05, 0) is 51.3 Å². The quantitative estimate of drug-likeness (QED) is 0.828. The van der Waals surface area contributed by atoms with Crippen molar-refractivity contribution in [2.24, 2.45) is 0 Å². The lowest BCUT2D eigenvalue weighted by Crippen LogP contribution is -2.47. The van der Waals surface area contributed by atoms with Gasteiger partial charge in [-0.2, -0.15) is 0 Å². The fourth-order valence-corrected chi connectivity index (χ4v) is 5.05. The summed E-state index contributed by atoms with van der Waals surface area (Å²) in [7, 11) is 1.71. The largest absolute Gasteiger partial charge is 0.383 e. The Morgan fingerprint density at radius 1 is 1.26 bits per heavy atom. The molecular weight excluding hydrogens is 308 g/mol. The summed E-state index contributed by atoms with van der Waals surface area (Å²) >= 11 is 1.90. The van der Waals surface area contributed by atoms with Crippen LogP contribution in [0, 0.1) is 6.92 Å². The van der Waals surface area contributed by atoms with Crippen LogP contribution in [0.3, 0.4) is 0 Å². The Labute approximate surface area is 143 Å². The number of hydrogen-bond donors (Lipinski definition) is 0. The van der Waals surface area contributed by atoms with Gasteiger partial charge in [-0.25, -0.2) is 0 Å². The van der Waals surface area contributed by atoms with Gasteiger partial charge in [-0.15, -0.1) is 11.3 Å². The lowest BCUT2D eigenvalue weighted by Gasteiger charge is -2.38. The highest BCUT2D eigenvalue weighted by molar-refractivity contribution is 7.11. The van der Waals surface area contributed by atoms with Gasteiger partial charge in [0, 0.05) is 48.5 Å². The van der Waals surface area contributed by atoms with Gasteiger partial charge in [0.1, 0.15) is 0 Å². The van der Waals surface area contributed by atoms with Crippen molar-refractivity contribution in [1.82, 2.24) is 9.80 Å². The first kappa shape index (κ1) is 16.9. The van der Waals surface area contributed by atoms with Crippen LogP contribution in [0.15, 0.2) is 12.1 Å². The predicted octanol–water partition coefficient (Wildman–Crippen LogP) is 3.05. The maximum atomic E-state index is 12.3. The Hall–Kier alpha value is -0.910. The molecule has 0 bridgehead atoms. The van der Waals surface area contributed by atoms with Crippen LogP contribution in [0.2, 0.25) is 0 Å². The number of carbonyl (C=O) groups is 1. The predicted molar refractivity (Wildman–Crippen MR) is 93.7 cm³/mol. The molecule has 4 nitrogen and oxygen atoms in total. The Morgan fingerprint density at radius 3 is 2.87 bits per heavy atom. The minimum atomic E-state index is 0.0930. The lowest BCUT2D eigenvalue weighted by molar-refractivity contribution is -0.132. The molecule has 23 heavy (non-hydrogen) atoms. The zero-order chi connectivity index (χ0) is 16.3. The van der Waals surface area contributed by atoms with E-state index in [1.54, 1.807) is 7.11 Å². The van der Waals surface area contributed by atoms with E-state index >= 15 is 0 Å². The topological polar surface area (TPSA) is 32.8 Å². The van der Waals surface area contributed by atoms with Gasteiger partial charge in [0.2, 0.25) is 5.91 Å². The molecule has 128 valence electrons. The van der Waals surface area contributed by atoms with Gasteiger partial charge in [-0.1, -0.05) is 0 Å². The first-order chi connectivity index (χ1) is 11.1. The van der Waals surface area contributed by atoms with Crippen molar-refractivity contribution in [1.29, 1.82) is 0 Å². The van der Waals surface area contributed by atoms with Crippen LogP contribution in [0.1, 0.15) is 41.9 Å². The Morgan fingerprint density at radius 2 is 2.13 bits per heavy atom. The zero-order valence-electron chi connectivity index (χ0n) is 14.3. The molecule has 1 aromatic rings. The summed E-state index contributed by atoms with van der Waals surface area (Å²) in [6, 6.07) is 4.46. The van der Waals surface area contributed by atoms with E-state index in [2.05, 4.69) is 28.9 Å². The number of rotatable bonds is 5. The molecule has 2 aliphatic heterocycles. The van der Waals surface area contributed by atoms with E-state index in [0.717, 1.165) is 45.4 Å². The summed E-state index contributed by atoms with van der Waals surface area (Å²) in [5.41, 5.74) is 0.0930. The number of thiophene rings is 1. The Balaban J connectivity index is 1.63. The number of methoxy groups -OCH3 is 1. The third kappa shape index (κ3) is 3.78. The van der Waals surface area contributed by atoms with Gasteiger partial charge in [-0.3, -0.25) is 9.69 Å². The standard InChI is InChI=1S/C18H28N2O2S/c1-15-4-5-16(23-15)14-19-10-3-7-18(9-11-19)8-6-17(21)20(18)12-13-22-2/h4-5H,3,6-14H2,1-2H3/t18-/m1/s1. The second-order valence-corrected chi connectivity index (χ2v) is 8.28. The fourth-order valence-electron chi connectivity index (χ4n) is 4.12. The molecule has 2 aliphatic rings. The van der Waals surface area contributed by atoms with Crippen molar-refractivity contribution >= 4 is 17.2 Å². The van der Waals surface area contributed by atoms with Gasteiger partial charge in [0.15, 0.2) is 0 Å². The van der Waals surface area contributed by atoms with E-state index in [-0.39, 0.29) is 5.54 Å². The molecule has 0 aromatic carbocycles. The Bertz CT molecular complexity index is 545. The third-order valence-electron chi connectivity index (χ3n) is 5.38. The smallest absolute Gasteiger partial charge is 0.223 e. The SMILES string of the molecule is COCCN1C(=O)CC[C@@]12CCCN(Cc1ccc(C)s1)CC2. The first-order valence-electron chi connectivity index (χ1n) is 8.70. The van der Waals surface area contributed by atoms with Crippen LogP contribution in [0.4, 0.5) is 0 Å². The van der Waals surface area contributed by atoms with E-state index in [9.17, 15) is 4.79 Å². The summed E-state index contributed by atoms with van der Waals surface area (Å²) in [4.78, 5) is 19.8. The van der Waals surface area contributed by atoms with Crippen molar-refractivity contribution in [3.63, 3.8) is 0 Å². The molecule has 3 heterocycles. The summed E-state index contributed by atoms with van der Waals surface area (Å²) < 4.78 is 5.22. The highest BCUT2D eigenvalue weighted by Crippen LogP contribution is 2.39. The number of nitrogens with zero attached hydrogens (tertiary/aromatic N) is 2. The van der Waals surface area contributed by atoms with Crippen molar-refractivity contribution in [2.75, 3.05) is 33.4 Å². The van der Waals surface area contributed by atoms with Gasteiger partial charge in [0.25, 0.3) is 0 Å². The highest BCUT2D eigenvalue weighted by Gasteiger charge is 2.45.